The van der Waals surface area contributed by atoms with Gasteiger partial charge in [-0.15, -0.1) is 11.3 Å². The molecule has 0 amide bonds. The number of thiazole rings is 1. The molecule has 1 aromatic heterocycles. The third-order valence-corrected chi connectivity index (χ3v) is 4.81. The summed E-state index contributed by atoms with van der Waals surface area (Å²) in [5.41, 5.74) is 2.99. The van der Waals surface area contributed by atoms with E-state index in [2.05, 4.69) is 39.2 Å². The predicted octanol–water partition coefficient (Wildman–Crippen LogP) is 4.45. The van der Waals surface area contributed by atoms with Crippen LogP contribution in [-0.2, 0) is 6.42 Å². The van der Waals surface area contributed by atoms with E-state index < -0.39 is 0 Å². The average Bonchev–Trinajstić information content (AvgIpc) is 2.85. The molecule has 2 aromatic rings. The number of benzene rings is 1. The summed E-state index contributed by atoms with van der Waals surface area (Å²) in [6.07, 6.45) is 2.83. The fourth-order valence-corrected chi connectivity index (χ4v) is 3.15. The largest absolute Gasteiger partial charge is 0.310 e. The van der Waals surface area contributed by atoms with Gasteiger partial charge in [0, 0.05) is 28.0 Å². The minimum atomic E-state index is 0.223. The van der Waals surface area contributed by atoms with Crippen molar-refractivity contribution in [3.8, 4) is 0 Å². The minimum absolute atomic E-state index is 0.223. The molecule has 18 heavy (non-hydrogen) atoms. The Morgan fingerprint density at radius 3 is 3.00 bits per heavy atom. The van der Waals surface area contributed by atoms with Gasteiger partial charge in [-0.05, 0) is 34.1 Å². The third kappa shape index (κ3) is 3.32. The quantitative estimate of drug-likeness (QED) is 0.866. The number of hydrogen-bond acceptors (Lipinski definition) is 3. The monoisotopic (exact) mass is 344 g/mol. The van der Waals surface area contributed by atoms with Gasteiger partial charge in [-0.2, -0.15) is 0 Å². The van der Waals surface area contributed by atoms with E-state index in [9.17, 15) is 0 Å². The van der Waals surface area contributed by atoms with Crippen LogP contribution in [0, 0.1) is 0 Å². The lowest BCUT2D eigenvalue weighted by Crippen LogP contribution is -2.23. The van der Waals surface area contributed by atoms with Gasteiger partial charge < -0.3 is 5.32 Å². The summed E-state index contributed by atoms with van der Waals surface area (Å²) in [6, 6.07) is 6.27. The molecule has 2 nitrogen and oxygen atoms in total. The van der Waals surface area contributed by atoms with E-state index in [1.54, 1.807) is 11.3 Å². The number of nitrogens with one attached hydrogen (secondary N) is 1. The van der Waals surface area contributed by atoms with Crippen molar-refractivity contribution in [2.75, 3.05) is 6.54 Å². The molecule has 0 fully saturated rings. The Kier molecular flexibility index (Phi) is 5.18. The van der Waals surface area contributed by atoms with Crippen molar-refractivity contribution >= 4 is 38.9 Å². The van der Waals surface area contributed by atoms with Gasteiger partial charge in [0.05, 0.1) is 10.5 Å². The molecule has 1 N–H and O–H groups in total. The standard InChI is InChI=1S/C13H14BrClN2S/c1-2-17-12(6-9-7-16-8-18-9)10-4-3-5-11(14)13(10)15/h3-5,7-8,12,17H,2,6H2,1H3. The SMILES string of the molecule is CCNC(Cc1cncs1)c1cccc(Br)c1Cl. The number of aromatic nitrogens is 1. The predicted molar refractivity (Wildman–Crippen MR) is 81.4 cm³/mol. The van der Waals surface area contributed by atoms with E-state index in [4.69, 9.17) is 11.6 Å². The topological polar surface area (TPSA) is 24.9 Å². The number of hydrogen-bond donors (Lipinski definition) is 1. The van der Waals surface area contributed by atoms with Gasteiger partial charge in [0.15, 0.2) is 0 Å². The van der Waals surface area contributed by atoms with Crippen LogP contribution in [0.4, 0.5) is 0 Å². The first kappa shape index (κ1) is 14.0. The average molecular weight is 346 g/mol. The van der Waals surface area contributed by atoms with Gasteiger partial charge in [-0.3, -0.25) is 4.98 Å². The van der Waals surface area contributed by atoms with Crippen molar-refractivity contribution in [3.63, 3.8) is 0 Å². The number of halogens is 2. The van der Waals surface area contributed by atoms with Crippen molar-refractivity contribution in [1.82, 2.24) is 10.3 Å². The molecule has 1 atom stereocenters. The van der Waals surface area contributed by atoms with Crippen LogP contribution in [0.2, 0.25) is 5.02 Å². The molecule has 1 aromatic carbocycles. The number of nitrogens with zero attached hydrogens (tertiary/aromatic N) is 1. The zero-order chi connectivity index (χ0) is 13.0. The summed E-state index contributed by atoms with van der Waals surface area (Å²) in [5.74, 6) is 0. The molecule has 96 valence electrons. The maximum Gasteiger partial charge on any atom is 0.0794 e. The van der Waals surface area contributed by atoms with Crippen LogP contribution in [0.3, 0.4) is 0 Å². The zero-order valence-corrected chi connectivity index (χ0v) is 13.1. The Bertz CT molecular complexity index is 502. The Morgan fingerprint density at radius 2 is 2.33 bits per heavy atom. The van der Waals surface area contributed by atoms with Gasteiger partial charge in [0.2, 0.25) is 0 Å². The summed E-state index contributed by atoms with van der Waals surface area (Å²) in [7, 11) is 0. The Labute approximate surface area is 125 Å². The molecule has 0 radical (unpaired) electrons. The molecule has 1 heterocycles. The second-order valence-electron chi connectivity index (χ2n) is 3.93. The highest BCUT2D eigenvalue weighted by molar-refractivity contribution is 9.10. The lowest BCUT2D eigenvalue weighted by atomic mass is 10.0. The van der Waals surface area contributed by atoms with Crippen LogP contribution in [-0.4, -0.2) is 11.5 Å². The summed E-state index contributed by atoms with van der Waals surface area (Å²) in [4.78, 5) is 5.38. The van der Waals surface area contributed by atoms with E-state index in [1.165, 1.54) is 4.88 Å². The van der Waals surface area contributed by atoms with Crippen LogP contribution < -0.4 is 5.32 Å². The first-order chi connectivity index (χ1) is 8.72. The molecular weight excluding hydrogens is 332 g/mol. The summed E-state index contributed by atoms with van der Waals surface area (Å²) in [6.45, 7) is 3.01. The zero-order valence-electron chi connectivity index (χ0n) is 9.99. The molecular formula is C13H14BrClN2S. The third-order valence-electron chi connectivity index (χ3n) is 2.70. The Hall–Kier alpha value is -0.420. The van der Waals surface area contributed by atoms with E-state index in [0.717, 1.165) is 28.0 Å². The maximum absolute atomic E-state index is 6.36. The van der Waals surface area contributed by atoms with Crippen LogP contribution in [0.1, 0.15) is 23.4 Å². The van der Waals surface area contributed by atoms with E-state index in [0.29, 0.717) is 0 Å². The molecule has 0 aliphatic rings. The molecule has 0 spiro atoms. The van der Waals surface area contributed by atoms with Crippen molar-refractivity contribution in [3.05, 3.63) is 49.8 Å². The fourth-order valence-electron chi connectivity index (χ4n) is 1.87. The lowest BCUT2D eigenvalue weighted by Gasteiger charge is -2.19. The van der Waals surface area contributed by atoms with Crippen LogP contribution >= 0.6 is 38.9 Å². The Balaban J connectivity index is 2.26. The van der Waals surface area contributed by atoms with Crippen LogP contribution in [0.15, 0.2) is 34.4 Å². The van der Waals surface area contributed by atoms with Crippen LogP contribution in [0.25, 0.3) is 0 Å². The van der Waals surface area contributed by atoms with Gasteiger partial charge in [0.25, 0.3) is 0 Å². The van der Waals surface area contributed by atoms with Gasteiger partial charge in [-0.1, -0.05) is 30.7 Å². The second-order valence-corrected chi connectivity index (χ2v) is 6.13. The molecule has 2 rings (SSSR count). The van der Waals surface area contributed by atoms with Gasteiger partial charge >= 0.3 is 0 Å². The molecule has 5 heteroatoms. The van der Waals surface area contributed by atoms with E-state index in [-0.39, 0.29) is 6.04 Å². The lowest BCUT2D eigenvalue weighted by molar-refractivity contribution is 0.553. The second kappa shape index (κ2) is 6.66. The molecule has 0 bridgehead atoms. The fraction of sp³-hybridized carbons (Fsp3) is 0.308. The minimum Gasteiger partial charge on any atom is -0.310 e. The summed E-state index contributed by atoms with van der Waals surface area (Å²) >= 11 is 11.5. The maximum atomic E-state index is 6.36. The van der Waals surface area contributed by atoms with E-state index in [1.807, 2.05) is 23.8 Å². The highest BCUT2D eigenvalue weighted by Gasteiger charge is 2.16. The van der Waals surface area contributed by atoms with Gasteiger partial charge in [0.1, 0.15) is 0 Å². The smallest absolute Gasteiger partial charge is 0.0794 e. The van der Waals surface area contributed by atoms with Crippen molar-refractivity contribution in [2.45, 2.75) is 19.4 Å². The number of likely N-dealkylation sites (N-methyl/N-ethyl adjacent to an activating group) is 1. The molecule has 0 saturated carbocycles. The number of rotatable bonds is 5. The van der Waals surface area contributed by atoms with Crippen molar-refractivity contribution < 1.29 is 0 Å². The summed E-state index contributed by atoms with van der Waals surface area (Å²) in [5, 5.41) is 4.26. The van der Waals surface area contributed by atoms with Crippen molar-refractivity contribution in [1.29, 1.82) is 0 Å². The first-order valence-corrected chi connectivity index (χ1v) is 7.82. The molecule has 0 aliphatic heterocycles. The van der Waals surface area contributed by atoms with Crippen molar-refractivity contribution in [2.24, 2.45) is 0 Å². The van der Waals surface area contributed by atoms with Gasteiger partial charge in [-0.25, -0.2) is 0 Å². The summed E-state index contributed by atoms with van der Waals surface area (Å²) < 4.78 is 0.939. The first-order valence-electron chi connectivity index (χ1n) is 5.77. The molecule has 1 unspecified atom stereocenters. The highest BCUT2D eigenvalue weighted by Crippen LogP contribution is 2.32. The normalized spacial score (nSPS) is 12.6. The van der Waals surface area contributed by atoms with E-state index >= 15 is 0 Å². The highest BCUT2D eigenvalue weighted by atomic mass is 79.9. The molecule has 0 aliphatic carbocycles. The molecule has 0 saturated heterocycles. The van der Waals surface area contributed by atoms with Crippen LogP contribution in [0.5, 0.6) is 0 Å². The Morgan fingerprint density at radius 1 is 1.50 bits per heavy atom.